The minimum atomic E-state index is -0.824. The van der Waals surface area contributed by atoms with E-state index in [4.69, 9.17) is 11.6 Å². The highest BCUT2D eigenvalue weighted by atomic mass is 35.5. The SMILES string of the molecule is OC(c1ccc(Cl)cc1F)C1Cc2ccccc2S1. The highest BCUT2D eigenvalue weighted by Gasteiger charge is 2.30. The molecule has 0 aromatic heterocycles. The van der Waals surface area contributed by atoms with E-state index in [0.717, 1.165) is 6.42 Å². The van der Waals surface area contributed by atoms with Gasteiger partial charge in [0.1, 0.15) is 5.82 Å². The van der Waals surface area contributed by atoms with E-state index >= 15 is 0 Å². The van der Waals surface area contributed by atoms with Gasteiger partial charge in [-0.15, -0.1) is 11.8 Å². The molecule has 19 heavy (non-hydrogen) atoms. The standard InChI is InChI=1S/C15H12ClFOS/c16-10-5-6-11(12(17)8-10)15(18)14-7-9-3-1-2-4-13(9)19-14/h1-6,8,14-15,18H,7H2. The van der Waals surface area contributed by atoms with Crippen LogP contribution in [0.2, 0.25) is 5.02 Å². The zero-order valence-electron chi connectivity index (χ0n) is 10.0. The number of fused-ring (bicyclic) bond motifs is 1. The van der Waals surface area contributed by atoms with E-state index in [1.165, 1.54) is 16.5 Å². The summed E-state index contributed by atoms with van der Waals surface area (Å²) in [6.45, 7) is 0. The summed E-state index contributed by atoms with van der Waals surface area (Å²) in [4.78, 5) is 1.17. The van der Waals surface area contributed by atoms with Crippen molar-refractivity contribution >= 4 is 23.4 Å². The lowest BCUT2D eigenvalue weighted by molar-refractivity contribution is 0.170. The van der Waals surface area contributed by atoms with E-state index in [1.807, 2.05) is 24.3 Å². The summed E-state index contributed by atoms with van der Waals surface area (Å²) in [6.07, 6.45) is -0.0703. The lowest BCUT2D eigenvalue weighted by atomic mass is 10.0. The van der Waals surface area contributed by atoms with E-state index in [0.29, 0.717) is 10.6 Å². The van der Waals surface area contributed by atoms with Gasteiger partial charge in [-0.25, -0.2) is 4.39 Å². The lowest BCUT2D eigenvalue weighted by Gasteiger charge is -2.18. The van der Waals surface area contributed by atoms with Crippen LogP contribution in [0.25, 0.3) is 0 Å². The van der Waals surface area contributed by atoms with Crippen molar-refractivity contribution in [2.24, 2.45) is 0 Å². The Bertz CT molecular complexity index is 592. The van der Waals surface area contributed by atoms with E-state index in [2.05, 4.69) is 0 Å². The Balaban J connectivity index is 1.85. The number of thioether (sulfide) groups is 1. The fourth-order valence-electron chi connectivity index (χ4n) is 2.33. The monoisotopic (exact) mass is 294 g/mol. The molecule has 0 saturated heterocycles. The second kappa shape index (κ2) is 5.16. The van der Waals surface area contributed by atoms with Gasteiger partial charge in [-0.3, -0.25) is 0 Å². The Labute approximate surface area is 120 Å². The molecule has 2 aromatic carbocycles. The minimum absolute atomic E-state index is 0.0481. The van der Waals surface area contributed by atoms with E-state index in [1.54, 1.807) is 23.9 Å². The smallest absolute Gasteiger partial charge is 0.130 e. The summed E-state index contributed by atoms with van der Waals surface area (Å²) < 4.78 is 13.8. The first-order valence-corrected chi connectivity index (χ1v) is 7.28. The summed E-state index contributed by atoms with van der Waals surface area (Å²) in [6, 6.07) is 12.5. The second-order valence-corrected chi connectivity index (χ2v) is 6.30. The first-order valence-electron chi connectivity index (χ1n) is 6.03. The van der Waals surface area contributed by atoms with E-state index < -0.39 is 11.9 Å². The molecule has 1 aliphatic heterocycles. The van der Waals surface area contributed by atoms with Gasteiger partial charge in [-0.1, -0.05) is 35.9 Å². The number of rotatable bonds is 2. The summed E-state index contributed by atoms with van der Waals surface area (Å²) >= 11 is 7.33. The van der Waals surface area contributed by atoms with Crippen LogP contribution in [-0.2, 0) is 6.42 Å². The molecule has 0 amide bonds. The summed E-state index contributed by atoms with van der Waals surface area (Å²) in [7, 11) is 0. The molecule has 1 nitrogen and oxygen atoms in total. The zero-order valence-corrected chi connectivity index (χ0v) is 11.6. The van der Waals surface area contributed by atoms with Crippen molar-refractivity contribution in [3.63, 3.8) is 0 Å². The van der Waals surface area contributed by atoms with Crippen LogP contribution in [0.15, 0.2) is 47.4 Å². The molecule has 1 heterocycles. The zero-order chi connectivity index (χ0) is 13.4. The number of benzene rings is 2. The van der Waals surface area contributed by atoms with Gasteiger partial charge in [-0.2, -0.15) is 0 Å². The van der Waals surface area contributed by atoms with Crippen molar-refractivity contribution in [3.8, 4) is 0 Å². The number of hydrogen-bond donors (Lipinski definition) is 1. The highest BCUT2D eigenvalue weighted by Crippen LogP contribution is 2.43. The van der Waals surface area contributed by atoms with Crippen molar-refractivity contribution in [2.45, 2.75) is 22.7 Å². The molecule has 98 valence electrons. The Morgan fingerprint density at radius 1 is 1.26 bits per heavy atom. The normalized spacial score (nSPS) is 19.2. The summed E-state index contributed by atoms with van der Waals surface area (Å²) in [5.74, 6) is -0.448. The molecular weight excluding hydrogens is 283 g/mol. The minimum Gasteiger partial charge on any atom is -0.387 e. The molecule has 2 atom stereocenters. The van der Waals surface area contributed by atoms with Gasteiger partial charge in [0.15, 0.2) is 0 Å². The van der Waals surface area contributed by atoms with Crippen LogP contribution in [0.5, 0.6) is 0 Å². The number of halogens is 2. The van der Waals surface area contributed by atoms with Gasteiger partial charge >= 0.3 is 0 Å². The highest BCUT2D eigenvalue weighted by molar-refractivity contribution is 8.00. The molecular formula is C15H12ClFOS. The molecule has 2 aromatic rings. The van der Waals surface area contributed by atoms with E-state index in [9.17, 15) is 9.50 Å². The van der Waals surface area contributed by atoms with Crippen LogP contribution in [-0.4, -0.2) is 10.4 Å². The average molecular weight is 295 g/mol. The first kappa shape index (κ1) is 13.0. The van der Waals surface area contributed by atoms with Gasteiger partial charge in [0.05, 0.1) is 6.10 Å². The van der Waals surface area contributed by atoms with E-state index in [-0.39, 0.29) is 5.25 Å². The molecule has 0 saturated carbocycles. The topological polar surface area (TPSA) is 20.2 Å². The number of hydrogen-bond acceptors (Lipinski definition) is 2. The molecule has 0 aliphatic carbocycles. The number of aliphatic hydroxyl groups excluding tert-OH is 1. The molecule has 0 fully saturated rings. The third-order valence-electron chi connectivity index (χ3n) is 3.31. The number of aliphatic hydroxyl groups is 1. The second-order valence-electron chi connectivity index (χ2n) is 4.58. The van der Waals surface area contributed by atoms with Gasteiger partial charge in [0.25, 0.3) is 0 Å². The first-order chi connectivity index (χ1) is 9.15. The maximum atomic E-state index is 13.8. The maximum absolute atomic E-state index is 13.8. The lowest BCUT2D eigenvalue weighted by Crippen LogP contribution is -2.15. The van der Waals surface area contributed by atoms with Crippen LogP contribution < -0.4 is 0 Å². The molecule has 1 aliphatic rings. The molecule has 4 heteroatoms. The van der Waals surface area contributed by atoms with Gasteiger partial charge in [0.2, 0.25) is 0 Å². The van der Waals surface area contributed by atoms with Crippen LogP contribution in [0.1, 0.15) is 17.2 Å². The van der Waals surface area contributed by atoms with Crippen molar-refractivity contribution in [1.29, 1.82) is 0 Å². The predicted octanol–water partition coefficient (Wildman–Crippen LogP) is 4.23. The van der Waals surface area contributed by atoms with Crippen molar-refractivity contribution in [3.05, 3.63) is 64.4 Å². The Kier molecular flexibility index (Phi) is 3.52. The quantitative estimate of drug-likeness (QED) is 0.894. The molecule has 0 spiro atoms. The van der Waals surface area contributed by atoms with Gasteiger partial charge in [0, 0.05) is 20.7 Å². The van der Waals surface area contributed by atoms with Crippen molar-refractivity contribution < 1.29 is 9.50 Å². The van der Waals surface area contributed by atoms with Crippen molar-refractivity contribution in [2.75, 3.05) is 0 Å². The predicted molar refractivity (Wildman–Crippen MR) is 76.2 cm³/mol. The van der Waals surface area contributed by atoms with Crippen LogP contribution in [0.4, 0.5) is 4.39 Å². The molecule has 1 N–H and O–H groups in total. The van der Waals surface area contributed by atoms with Crippen molar-refractivity contribution in [1.82, 2.24) is 0 Å². The third kappa shape index (κ3) is 2.50. The molecule has 2 unspecified atom stereocenters. The average Bonchev–Trinajstić information content (AvgIpc) is 2.81. The van der Waals surface area contributed by atoms with Gasteiger partial charge in [-0.05, 0) is 30.2 Å². The van der Waals surface area contributed by atoms with Crippen LogP contribution in [0, 0.1) is 5.82 Å². The Hall–Kier alpha value is -1.03. The molecule has 0 bridgehead atoms. The fourth-order valence-corrected chi connectivity index (χ4v) is 3.81. The Morgan fingerprint density at radius 2 is 2.05 bits per heavy atom. The fraction of sp³-hybridized carbons (Fsp3) is 0.200. The maximum Gasteiger partial charge on any atom is 0.130 e. The van der Waals surface area contributed by atoms with Crippen LogP contribution >= 0.6 is 23.4 Å². The summed E-state index contributed by atoms with van der Waals surface area (Å²) in [5, 5.41) is 10.7. The molecule has 0 radical (unpaired) electrons. The van der Waals surface area contributed by atoms with Gasteiger partial charge < -0.3 is 5.11 Å². The summed E-state index contributed by atoms with van der Waals surface area (Å²) in [5.41, 5.74) is 1.53. The largest absolute Gasteiger partial charge is 0.387 e. The Morgan fingerprint density at radius 3 is 2.79 bits per heavy atom. The third-order valence-corrected chi connectivity index (χ3v) is 4.92. The molecule has 3 rings (SSSR count). The van der Waals surface area contributed by atoms with Crippen LogP contribution in [0.3, 0.4) is 0 Å².